The number of benzene rings is 1. The number of nitrogens with zero attached hydrogens (tertiary/aromatic N) is 2. The quantitative estimate of drug-likeness (QED) is 0.659. The molecule has 0 amide bonds. The van der Waals surface area contributed by atoms with Gasteiger partial charge in [-0.15, -0.1) is 0 Å². The molecule has 0 fully saturated rings. The first-order valence-electron chi connectivity index (χ1n) is 6.41. The van der Waals surface area contributed by atoms with E-state index in [2.05, 4.69) is 27.7 Å². The number of fused-ring (bicyclic) bond motifs is 1. The predicted octanol–water partition coefficient (Wildman–Crippen LogP) is 4.37. The van der Waals surface area contributed by atoms with Crippen molar-refractivity contribution in [1.82, 2.24) is 9.78 Å². The molecular formula is C14H12F3IN2. The van der Waals surface area contributed by atoms with Crippen LogP contribution in [0.15, 0.2) is 24.3 Å². The van der Waals surface area contributed by atoms with Crippen LogP contribution >= 0.6 is 22.6 Å². The largest absolute Gasteiger partial charge is 0.435 e. The summed E-state index contributed by atoms with van der Waals surface area (Å²) in [6, 6.07) is 7.37. The molecule has 0 bridgehead atoms. The molecule has 0 aliphatic heterocycles. The molecule has 0 saturated carbocycles. The first-order valence-corrected chi connectivity index (χ1v) is 7.48. The zero-order valence-corrected chi connectivity index (χ0v) is 12.7. The summed E-state index contributed by atoms with van der Waals surface area (Å²) in [5.74, 6) is 0. The molecule has 1 aliphatic rings. The van der Waals surface area contributed by atoms with Gasteiger partial charge in [-0.3, -0.25) is 0 Å². The van der Waals surface area contributed by atoms with E-state index in [1.165, 1.54) is 4.68 Å². The van der Waals surface area contributed by atoms with E-state index in [1.807, 2.05) is 24.3 Å². The molecule has 6 heteroatoms. The van der Waals surface area contributed by atoms with Gasteiger partial charge in [0.1, 0.15) is 0 Å². The highest BCUT2D eigenvalue weighted by atomic mass is 127. The van der Waals surface area contributed by atoms with Gasteiger partial charge in [0.2, 0.25) is 0 Å². The van der Waals surface area contributed by atoms with Crippen molar-refractivity contribution < 1.29 is 13.2 Å². The fraction of sp³-hybridized carbons (Fsp3) is 0.357. The maximum absolute atomic E-state index is 13.1. The second kappa shape index (κ2) is 5.05. The molecule has 1 aromatic carbocycles. The lowest BCUT2D eigenvalue weighted by atomic mass is 9.95. The van der Waals surface area contributed by atoms with Gasteiger partial charge in [-0.05, 0) is 72.5 Å². The minimum absolute atomic E-state index is 0.377. The molecule has 0 unspecified atom stereocenters. The Morgan fingerprint density at radius 1 is 1.05 bits per heavy atom. The average Bonchev–Trinajstić information content (AvgIpc) is 2.79. The molecule has 0 atom stereocenters. The SMILES string of the molecule is FC(F)(F)c1nn(-c2ccc(I)cc2)c2c1CCCC2. The van der Waals surface area contributed by atoms with E-state index >= 15 is 0 Å². The summed E-state index contributed by atoms with van der Waals surface area (Å²) in [6.07, 6.45) is -1.54. The monoisotopic (exact) mass is 392 g/mol. The Bertz CT molecular complexity index is 629. The maximum Gasteiger partial charge on any atom is 0.435 e. The Morgan fingerprint density at radius 2 is 1.70 bits per heavy atom. The third-order valence-electron chi connectivity index (χ3n) is 3.52. The number of rotatable bonds is 1. The highest BCUT2D eigenvalue weighted by Gasteiger charge is 2.39. The molecule has 0 saturated heterocycles. The lowest BCUT2D eigenvalue weighted by Crippen LogP contribution is -2.11. The Kier molecular flexibility index (Phi) is 3.51. The van der Waals surface area contributed by atoms with Crippen LogP contribution in [0, 0.1) is 3.57 Å². The van der Waals surface area contributed by atoms with Crippen LogP contribution in [0.25, 0.3) is 5.69 Å². The van der Waals surface area contributed by atoms with Gasteiger partial charge in [0.15, 0.2) is 5.69 Å². The van der Waals surface area contributed by atoms with Crippen LogP contribution in [0.5, 0.6) is 0 Å². The van der Waals surface area contributed by atoms with Crippen LogP contribution in [0.4, 0.5) is 13.2 Å². The van der Waals surface area contributed by atoms with Crippen LogP contribution in [0.3, 0.4) is 0 Å². The third-order valence-corrected chi connectivity index (χ3v) is 4.24. The number of alkyl halides is 3. The first-order chi connectivity index (χ1) is 9.47. The summed E-state index contributed by atoms with van der Waals surface area (Å²) in [4.78, 5) is 0. The number of halogens is 4. The summed E-state index contributed by atoms with van der Waals surface area (Å²) >= 11 is 2.17. The molecule has 3 rings (SSSR count). The minimum Gasteiger partial charge on any atom is -0.237 e. The van der Waals surface area contributed by atoms with Gasteiger partial charge in [0, 0.05) is 14.8 Å². The molecule has 2 nitrogen and oxygen atoms in total. The number of hydrogen-bond donors (Lipinski definition) is 0. The molecule has 1 aromatic heterocycles. The van der Waals surface area contributed by atoms with Gasteiger partial charge in [-0.1, -0.05) is 0 Å². The smallest absolute Gasteiger partial charge is 0.237 e. The minimum atomic E-state index is -4.38. The fourth-order valence-electron chi connectivity index (χ4n) is 2.62. The van der Waals surface area contributed by atoms with Crippen LogP contribution in [-0.2, 0) is 19.0 Å². The van der Waals surface area contributed by atoms with Crippen molar-refractivity contribution in [1.29, 1.82) is 0 Å². The van der Waals surface area contributed by atoms with E-state index < -0.39 is 11.9 Å². The second-order valence-corrected chi connectivity index (χ2v) is 6.11. The summed E-state index contributed by atoms with van der Waals surface area (Å²) in [7, 11) is 0. The fourth-order valence-corrected chi connectivity index (χ4v) is 2.98. The van der Waals surface area contributed by atoms with Gasteiger partial charge in [0.05, 0.1) is 5.69 Å². The van der Waals surface area contributed by atoms with Gasteiger partial charge in [-0.2, -0.15) is 18.3 Å². The molecule has 2 aromatic rings. The third kappa shape index (κ3) is 2.45. The lowest BCUT2D eigenvalue weighted by Gasteiger charge is -2.14. The van der Waals surface area contributed by atoms with Crippen molar-refractivity contribution in [2.75, 3.05) is 0 Å². The highest BCUT2D eigenvalue weighted by Crippen LogP contribution is 2.36. The normalized spacial score (nSPS) is 15.2. The molecule has 0 N–H and O–H groups in total. The molecule has 1 heterocycles. The molecule has 20 heavy (non-hydrogen) atoms. The van der Waals surface area contributed by atoms with Gasteiger partial charge >= 0.3 is 6.18 Å². The molecule has 106 valence electrons. The van der Waals surface area contributed by atoms with Crippen LogP contribution in [0.1, 0.15) is 29.8 Å². The lowest BCUT2D eigenvalue weighted by molar-refractivity contribution is -0.142. The van der Waals surface area contributed by atoms with Crippen molar-refractivity contribution in [3.05, 3.63) is 44.8 Å². The summed E-state index contributed by atoms with van der Waals surface area (Å²) in [6.45, 7) is 0. The van der Waals surface area contributed by atoms with Crippen LogP contribution < -0.4 is 0 Å². The first kappa shape index (κ1) is 13.9. The molecular weight excluding hydrogens is 380 g/mol. The van der Waals surface area contributed by atoms with Crippen LogP contribution in [-0.4, -0.2) is 9.78 Å². The Hall–Kier alpha value is -1.05. The van der Waals surface area contributed by atoms with Crippen molar-refractivity contribution >= 4 is 22.6 Å². The van der Waals surface area contributed by atoms with Crippen LogP contribution in [0.2, 0.25) is 0 Å². The Morgan fingerprint density at radius 3 is 2.35 bits per heavy atom. The van der Waals surface area contributed by atoms with E-state index in [1.54, 1.807) is 0 Å². The van der Waals surface area contributed by atoms with Crippen molar-refractivity contribution in [2.24, 2.45) is 0 Å². The van der Waals surface area contributed by atoms with E-state index in [-0.39, 0.29) is 0 Å². The van der Waals surface area contributed by atoms with Gasteiger partial charge in [0.25, 0.3) is 0 Å². The zero-order valence-electron chi connectivity index (χ0n) is 10.5. The second-order valence-electron chi connectivity index (χ2n) is 4.87. The highest BCUT2D eigenvalue weighted by molar-refractivity contribution is 14.1. The predicted molar refractivity (Wildman–Crippen MR) is 77.9 cm³/mol. The Labute approximate surface area is 128 Å². The number of hydrogen-bond acceptors (Lipinski definition) is 1. The van der Waals surface area contributed by atoms with Crippen molar-refractivity contribution in [3.63, 3.8) is 0 Å². The van der Waals surface area contributed by atoms with Crippen molar-refractivity contribution in [2.45, 2.75) is 31.9 Å². The zero-order chi connectivity index (χ0) is 14.3. The van der Waals surface area contributed by atoms with E-state index in [4.69, 9.17) is 0 Å². The van der Waals surface area contributed by atoms with Crippen molar-refractivity contribution in [3.8, 4) is 5.69 Å². The number of aromatic nitrogens is 2. The average molecular weight is 392 g/mol. The summed E-state index contributed by atoms with van der Waals surface area (Å²) in [5.41, 5.74) is 1.07. The molecule has 0 spiro atoms. The molecule has 1 aliphatic carbocycles. The van der Waals surface area contributed by atoms with E-state index in [0.29, 0.717) is 29.8 Å². The summed E-state index contributed by atoms with van der Waals surface area (Å²) < 4.78 is 41.8. The summed E-state index contributed by atoms with van der Waals surface area (Å²) in [5, 5.41) is 3.85. The van der Waals surface area contributed by atoms with E-state index in [9.17, 15) is 13.2 Å². The van der Waals surface area contributed by atoms with Gasteiger partial charge in [-0.25, -0.2) is 4.68 Å². The van der Waals surface area contributed by atoms with E-state index in [0.717, 1.165) is 16.4 Å². The maximum atomic E-state index is 13.1. The standard InChI is InChI=1S/C14H12F3IN2/c15-14(16,17)13-11-3-1-2-4-12(11)20(19-13)10-7-5-9(18)6-8-10/h5-8H,1-4H2. The molecule has 0 radical (unpaired) electrons. The van der Waals surface area contributed by atoms with Gasteiger partial charge < -0.3 is 0 Å². The Balaban J connectivity index is 2.16. The topological polar surface area (TPSA) is 17.8 Å².